The summed E-state index contributed by atoms with van der Waals surface area (Å²) >= 11 is 0. The number of para-hydroxylation sites is 1. The van der Waals surface area contributed by atoms with Crippen molar-refractivity contribution >= 4 is 17.4 Å². The second-order valence-corrected chi connectivity index (χ2v) is 5.08. The van der Waals surface area contributed by atoms with Crippen LogP contribution in [-0.4, -0.2) is 42.8 Å². The number of likely N-dealkylation sites (tertiary alicyclic amines) is 1. The molecule has 1 aromatic carbocycles. The molecule has 1 aliphatic rings. The van der Waals surface area contributed by atoms with Crippen molar-refractivity contribution in [3.63, 3.8) is 0 Å². The molecule has 110 valence electrons. The lowest BCUT2D eigenvalue weighted by Gasteiger charge is -2.30. The minimum absolute atomic E-state index is 0.0179. The molecule has 5 nitrogen and oxygen atoms in total. The highest BCUT2D eigenvalue weighted by Crippen LogP contribution is 2.15. The quantitative estimate of drug-likeness (QED) is 0.824. The molecule has 0 aromatic heterocycles. The minimum Gasteiger partial charge on any atom is -0.361 e. The lowest BCUT2D eigenvalue weighted by atomic mass is 10.1. The summed E-state index contributed by atoms with van der Waals surface area (Å²) in [5.74, 6) is 0.243. The Kier molecular flexibility index (Phi) is 5.33. The number of piperidine rings is 1. The molecular weight excluding hydrogens is 266 g/mol. The van der Waals surface area contributed by atoms with Crippen molar-refractivity contribution in [3.8, 4) is 6.07 Å². The smallest absolute Gasteiger partial charge is 0.242 e. The third-order valence-electron chi connectivity index (χ3n) is 3.61. The Morgan fingerprint density at radius 3 is 2.52 bits per heavy atom. The van der Waals surface area contributed by atoms with Crippen LogP contribution in [0.4, 0.5) is 5.69 Å². The number of carbonyl (C=O) groups excluding carboxylic acids is 2. The number of hydrogen-bond donors (Lipinski definition) is 0. The number of benzene rings is 1. The van der Waals surface area contributed by atoms with Gasteiger partial charge in [-0.1, -0.05) is 18.2 Å². The Hall–Kier alpha value is -2.35. The van der Waals surface area contributed by atoms with Gasteiger partial charge in [0.05, 0.1) is 19.0 Å². The molecule has 1 aliphatic heterocycles. The van der Waals surface area contributed by atoms with Gasteiger partial charge in [-0.3, -0.25) is 9.59 Å². The van der Waals surface area contributed by atoms with Gasteiger partial charge in [0.15, 0.2) is 0 Å². The van der Waals surface area contributed by atoms with Crippen LogP contribution >= 0.6 is 0 Å². The Bertz CT molecular complexity index is 526. The van der Waals surface area contributed by atoms with Crippen molar-refractivity contribution in [2.75, 3.05) is 31.1 Å². The summed E-state index contributed by atoms with van der Waals surface area (Å²) in [5.41, 5.74) is 0.939. The summed E-state index contributed by atoms with van der Waals surface area (Å²) < 4.78 is 0. The molecule has 0 unspecified atom stereocenters. The van der Waals surface area contributed by atoms with Crippen LogP contribution in [0, 0.1) is 11.3 Å². The summed E-state index contributed by atoms with van der Waals surface area (Å²) in [5, 5.41) is 8.76. The zero-order valence-electron chi connectivity index (χ0n) is 12.0. The normalized spacial score (nSPS) is 14.6. The molecule has 21 heavy (non-hydrogen) atoms. The van der Waals surface area contributed by atoms with Gasteiger partial charge in [0, 0.05) is 38.2 Å². The number of anilines is 1. The van der Waals surface area contributed by atoms with Gasteiger partial charge in [-0.05, 0) is 12.1 Å². The molecule has 0 atom stereocenters. The third kappa shape index (κ3) is 4.32. The molecule has 0 saturated carbocycles. The van der Waals surface area contributed by atoms with E-state index in [1.807, 2.05) is 35.2 Å². The van der Waals surface area contributed by atoms with Crippen LogP contribution in [0.5, 0.6) is 0 Å². The first kappa shape index (κ1) is 15.0. The van der Waals surface area contributed by atoms with Crippen molar-refractivity contribution in [2.45, 2.75) is 19.3 Å². The predicted molar refractivity (Wildman–Crippen MR) is 79.7 cm³/mol. The topological polar surface area (TPSA) is 64.4 Å². The van der Waals surface area contributed by atoms with Gasteiger partial charge in [-0.25, -0.2) is 0 Å². The number of nitriles is 1. The number of ketones is 1. The molecule has 0 bridgehead atoms. The molecule has 1 aromatic rings. The van der Waals surface area contributed by atoms with Crippen LogP contribution in [0.3, 0.4) is 0 Å². The van der Waals surface area contributed by atoms with Crippen LogP contribution in [-0.2, 0) is 9.59 Å². The van der Waals surface area contributed by atoms with Crippen molar-refractivity contribution < 1.29 is 9.59 Å². The maximum Gasteiger partial charge on any atom is 0.242 e. The Morgan fingerprint density at radius 2 is 1.90 bits per heavy atom. The predicted octanol–water partition coefficient (Wildman–Crippen LogP) is 1.60. The van der Waals surface area contributed by atoms with Crippen LogP contribution in [0.25, 0.3) is 0 Å². The molecule has 5 heteroatoms. The summed E-state index contributed by atoms with van der Waals surface area (Å²) in [4.78, 5) is 27.2. The molecular formula is C16H19N3O2. The van der Waals surface area contributed by atoms with Crippen LogP contribution in [0.2, 0.25) is 0 Å². The van der Waals surface area contributed by atoms with Crippen LogP contribution < -0.4 is 4.90 Å². The van der Waals surface area contributed by atoms with E-state index in [-0.39, 0.29) is 18.2 Å². The number of nitrogens with zero attached hydrogens (tertiary/aromatic N) is 3. The number of amides is 1. The van der Waals surface area contributed by atoms with Crippen LogP contribution in [0.1, 0.15) is 19.3 Å². The molecule has 1 fully saturated rings. The van der Waals surface area contributed by atoms with E-state index in [4.69, 9.17) is 5.26 Å². The van der Waals surface area contributed by atoms with E-state index < -0.39 is 0 Å². The van der Waals surface area contributed by atoms with E-state index in [9.17, 15) is 9.59 Å². The fourth-order valence-corrected chi connectivity index (χ4v) is 2.39. The van der Waals surface area contributed by atoms with Crippen molar-refractivity contribution in [2.24, 2.45) is 0 Å². The summed E-state index contributed by atoms with van der Waals surface area (Å²) in [6.07, 6.45) is 1.28. The second-order valence-electron chi connectivity index (χ2n) is 5.08. The first-order chi connectivity index (χ1) is 10.2. The molecule has 1 heterocycles. The van der Waals surface area contributed by atoms with Gasteiger partial charge in [0.2, 0.25) is 5.91 Å². The van der Waals surface area contributed by atoms with Gasteiger partial charge in [-0.15, -0.1) is 0 Å². The number of hydrogen-bond acceptors (Lipinski definition) is 4. The lowest BCUT2D eigenvalue weighted by molar-refractivity contribution is -0.133. The van der Waals surface area contributed by atoms with Crippen LogP contribution in [0.15, 0.2) is 30.3 Å². The van der Waals surface area contributed by atoms with E-state index in [0.717, 1.165) is 5.69 Å². The highest BCUT2D eigenvalue weighted by molar-refractivity contribution is 5.85. The highest BCUT2D eigenvalue weighted by Gasteiger charge is 2.22. The van der Waals surface area contributed by atoms with Gasteiger partial charge >= 0.3 is 0 Å². The zero-order valence-corrected chi connectivity index (χ0v) is 12.0. The van der Waals surface area contributed by atoms with E-state index in [2.05, 4.69) is 6.07 Å². The Morgan fingerprint density at radius 1 is 1.24 bits per heavy atom. The zero-order chi connectivity index (χ0) is 15.1. The Labute approximate surface area is 124 Å². The monoisotopic (exact) mass is 285 g/mol. The highest BCUT2D eigenvalue weighted by atomic mass is 16.2. The molecule has 1 amide bonds. The molecule has 0 N–H and O–H groups in total. The molecule has 0 aliphatic carbocycles. The average Bonchev–Trinajstić information content (AvgIpc) is 2.52. The largest absolute Gasteiger partial charge is 0.361 e. The molecule has 0 spiro atoms. The van der Waals surface area contributed by atoms with E-state index in [0.29, 0.717) is 38.9 Å². The SMILES string of the molecule is N#CCCN(CC(=O)N1CCC(=O)CC1)c1ccccc1. The number of Topliss-reactive ketones (excluding diaryl/α,β-unsaturated/α-hetero) is 1. The first-order valence-electron chi connectivity index (χ1n) is 7.17. The first-order valence-corrected chi connectivity index (χ1v) is 7.17. The molecule has 2 rings (SSSR count). The minimum atomic E-state index is 0.0179. The van der Waals surface area contributed by atoms with Gasteiger partial charge in [-0.2, -0.15) is 5.26 Å². The van der Waals surface area contributed by atoms with Gasteiger partial charge < -0.3 is 9.80 Å². The van der Waals surface area contributed by atoms with Gasteiger partial charge in [0.25, 0.3) is 0 Å². The van der Waals surface area contributed by atoms with Crippen molar-refractivity contribution in [1.82, 2.24) is 4.90 Å². The molecule has 1 saturated heterocycles. The third-order valence-corrected chi connectivity index (χ3v) is 3.61. The standard InChI is InChI=1S/C16H19N3O2/c17-9-4-10-19(14-5-2-1-3-6-14)13-16(21)18-11-7-15(20)8-12-18/h1-3,5-6H,4,7-8,10-13H2. The van der Waals surface area contributed by atoms with E-state index in [1.165, 1.54) is 0 Å². The maximum absolute atomic E-state index is 12.3. The summed E-state index contributed by atoms with van der Waals surface area (Å²) in [7, 11) is 0. The number of rotatable bonds is 5. The second kappa shape index (κ2) is 7.44. The maximum atomic E-state index is 12.3. The summed E-state index contributed by atoms with van der Waals surface area (Å²) in [6, 6.07) is 11.7. The lowest BCUT2D eigenvalue weighted by Crippen LogP contribution is -2.44. The van der Waals surface area contributed by atoms with E-state index in [1.54, 1.807) is 4.90 Å². The van der Waals surface area contributed by atoms with Crippen molar-refractivity contribution in [3.05, 3.63) is 30.3 Å². The fraction of sp³-hybridized carbons (Fsp3) is 0.438. The van der Waals surface area contributed by atoms with E-state index >= 15 is 0 Å². The Balaban J connectivity index is 1.99. The number of carbonyl (C=O) groups is 2. The molecule has 0 radical (unpaired) electrons. The van der Waals surface area contributed by atoms with Crippen molar-refractivity contribution in [1.29, 1.82) is 5.26 Å². The summed E-state index contributed by atoms with van der Waals surface area (Å²) in [6.45, 7) is 1.80. The fourth-order valence-electron chi connectivity index (χ4n) is 2.39. The average molecular weight is 285 g/mol. The van der Waals surface area contributed by atoms with Gasteiger partial charge in [0.1, 0.15) is 5.78 Å².